The van der Waals surface area contributed by atoms with Crippen molar-refractivity contribution in [2.75, 3.05) is 39.3 Å². The second-order valence-corrected chi connectivity index (χ2v) is 5.13. The van der Waals surface area contributed by atoms with E-state index < -0.39 is 0 Å². The third kappa shape index (κ3) is 4.95. The molecule has 0 saturated carbocycles. The van der Waals surface area contributed by atoms with Crippen molar-refractivity contribution in [3.05, 3.63) is 41.7 Å². The normalized spacial score (nSPS) is 17.1. The van der Waals surface area contributed by atoms with E-state index in [1.165, 1.54) is 18.2 Å². The molecule has 1 saturated heterocycles. The number of nitrogens with zero attached hydrogens (tertiary/aromatic N) is 2. The van der Waals surface area contributed by atoms with E-state index >= 15 is 0 Å². The number of hydrogen-bond acceptors (Lipinski definition) is 3. The standard InChI is InChI=1S/C16H21FN2O2/c17-15-5-2-14(3-6-15)4-7-16(21)19-9-1-8-18(10-11-19)12-13-20/h2-7,20H,1,8-13H2. The Hall–Kier alpha value is -1.72. The van der Waals surface area contributed by atoms with Gasteiger partial charge in [0.2, 0.25) is 5.91 Å². The number of aliphatic hydroxyl groups excluding tert-OH is 1. The third-order valence-electron chi connectivity index (χ3n) is 3.60. The van der Waals surface area contributed by atoms with E-state index in [-0.39, 0.29) is 18.3 Å². The zero-order valence-electron chi connectivity index (χ0n) is 12.0. The molecule has 21 heavy (non-hydrogen) atoms. The number of amides is 1. The predicted molar refractivity (Wildman–Crippen MR) is 80.2 cm³/mol. The Balaban J connectivity index is 1.89. The van der Waals surface area contributed by atoms with Crippen LogP contribution in [0.1, 0.15) is 12.0 Å². The number of carbonyl (C=O) groups is 1. The van der Waals surface area contributed by atoms with Crippen molar-refractivity contribution in [3.8, 4) is 0 Å². The predicted octanol–water partition coefficient (Wildman–Crippen LogP) is 1.37. The lowest BCUT2D eigenvalue weighted by atomic mass is 10.2. The van der Waals surface area contributed by atoms with Crippen LogP contribution in [0.25, 0.3) is 6.08 Å². The summed E-state index contributed by atoms with van der Waals surface area (Å²) in [6, 6.07) is 6.04. The molecule has 1 fully saturated rings. The van der Waals surface area contributed by atoms with Crippen molar-refractivity contribution in [2.45, 2.75) is 6.42 Å². The second-order valence-electron chi connectivity index (χ2n) is 5.13. The molecule has 5 heteroatoms. The maximum Gasteiger partial charge on any atom is 0.246 e. The lowest BCUT2D eigenvalue weighted by molar-refractivity contribution is -0.125. The Bertz CT molecular complexity index is 488. The van der Waals surface area contributed by atoms with E-state index in [4.69, 9.17) is 5.11 Å². The number of rotatable bonds is 4. The molecule has 0 bridgehead atoms. The smallest absolute Gasteiger partial charge is 0.246 e. The fraction of sp³-hybridized carbons (Fsp3) is 0.438. The number of halogens is 1. The lowest BCUT2D eigenvalue weighted by Crippen LogP contribution is -2.35. The largest absolute Gasteiger partial charge is 0.395 e. The number of aliphatic hydroxyl groups is 1. The van der Waals surface area contributed by atoms with Crippen molar-refractivity contribution >= 4 is 12.0 Å². The molecule has 1 aromatic carbocycles. The Labute approximate surface area is 124 Å². The van der Waals surface area contributed by atoms with Gasteiger partial charge in [-0.05, 0) is 36.7 Å². The lowest BCUT2D eigenvalue weighted by Gasteiger charge is -2.20. The van der Waals surface area contributed by atoms with Gasteiger partial charge in [0.15, 0.2) is 0 Å². The summed E-state index contributed by atoms with van der Waals surface area (Å²) >= 11 is 0. The molecule has 0 atom stereocenters. The SMILES string of the molecule is O=C(C=Cc1ccc(F)cc1)N1CCCN(CCO)CC1. The summed E-state index contributed by atoms with van der Waals surface area (Å²) in [6.45, 7) is 3.91. The highest BCUT2D eigenvalue weighted by Gasteiger charge is 2.16. The molecule has 0 aliphatic carbocycles. The monoisotopic (exact) mass is 292 g/mol. The number of carbonyl (C=O) groups excluding carboxylic acids is 1. The van der Waals surface area contributed by atoms with Gasteiger partial charge in [-0.1, -0.05) is 12.1 Å². The van der Waals surface area contributed by atoms with Crippen LogP contribution in [0.2, 0.25) is 0 Å². The Morgan fingerprint density at radius 3 is 2.67 bits per heavy atom. The van der Waals surface area contributed by atoms with Crippen molar-refractivity contribution in [3.63, 3.8) is 0 Å². The Morgan fingerprint density at radius 2 is 1.95 bits per heavy atom. The third-order valence-corrected chi connectivity index (χ3v) is 3.60. The summed E-state index contributed by atoms with van der Waals surface area (Å²) in [5.74, 6) is -0.305. The van der Waals surface area contributed by atoms with Crippen molar-refractivity contribution < 1.29 is 14.3 Å². The van der Waals surface area contributed by atoms with E-state index in [1.54, 1.807) is 18.2 Å². The van der Waals surface area contributed by atoms with Crippen LogP contribution in [0.15, 0.2) is 30.3 Å². The van der Waals surface area contributed by atoms with Crippen LogP contribution < -0.4 is 0 Å². The van der Waals surface area contributed by atoms with Crippen LogP contribution in [0.5, 0.6) is 0 Å². The van der Waals surface area contributed by atoms with Gasteiger partial charge in [0.25, 0.3) is 0 Å². The minimum absolute atomic E-state index is 0.0230. The number of hydrogen-bond donors (Lipinski definition) is 1. The molecule has 1 heterocycles. The maximum absolute atomic E-state index is 12.8. The number of benzene rings is 1. The summed E-state index contributed by atoms with van der Waals surface area (Å²) in [6.07, 6.45) is 4.16. The van der Waals surface area contributed by atoms with Crippen LogP contribution >= 0.6 is 0 Å². The molecular formula is C16H21FN2O2. The molecule has 0 aromatic heterocycles. The van der Waals surface area contributed by atoms with E-state index in [1.807, 2.05) is 4.90 Å². The van der Waals surface area contributed by atoms with Crippen LogP contribution in [0, 0.1) is 5.82 Å². The highest BCUT2D eigenvalue weighted by Crippen LogP contribution is 2.07. The highest BCUT2D eigenvalue weighted by atomic mass is 19.1. The topological polar surface area (TPSA) is 43.8 Å². The molecule has 1 aromatic rings. The van der Waals surface area contributed by atoms with Gasteiger partial charge in [0.05, 0.1) is 6.61 Å². The summed E-state index contributed by atoms with van der Waals surface area (Å²) in [5, 5.41) is 8.96. The molecular weight excluding hydrogens is 271 g/mol. The van der Waals surface area contributed by atoms with Crippen molar-refractivity contribution in [2.24, 2.45) is 0 Å². The van der Waals surface area contributed by atoms with Crippen LogP contribution in [-0.2, 0) is 4.79 Å². The summed E-state index contributed by atoms with van der Waals surface area (Å²) in [4.78, 5) is 16.1. The highest BCUT2D eigenvalue weighted by molar-refractivity contribution is 5.91. The molecule has 0 radical (unpaired) electrons. The molecule has 4 nitrogen and oxygen atoms in total. The minimum atomic E-state index is -0.282. The first-order valence-corrected chi connectivity index (χ1v) is 7.25. The number of β-amino-alcohol motifs (C(OH)–C–C–N with tert-alkyl or cyclic N) is 1. The average Bonchev–Trinajstić information content (AvgIpc) is 2.72. The molecule has 114 valence electrons. The zero-order valence-corrected chi connectivity index (χ0v) is 12.0. The summed E-state index contributed by atoms with van der Waals surface area (Å²) in [7, 11) is 0. The van der Waals surface area contributed by atoms with Gasteiger partial charge in [-0.15, -0.1) is 0 Å². The van der Waals surface area contributed by atoms with Gasteiger partial charge in [0.1, 0.15) is 5.82 Å². The van der Waals surface area contributed by atoms with Crippen LogP contribution in [-0.4, -0.2) is 60.1 Å². The van der Waals surface area contributed by atoms with Gasteiger partial charge in [-0.25, -0.2) is 4.39 Å². The van der Waals surface area contributed by atoms with E-state index in [0.29, 0.717) is 13.1 Å². The molecule has 0 spiro atoms. The first-order chi connectivity index (χ1) is 10.2. The molecule has 2 rings (SSSR count). The van der Waals surface area contributed by atoms with E-state index in [0.717, 1.165) is 31.6 Å². The Morgan fingerprint density at radius 1 is 1.19 bits per heavy atom. The quantitative estimate of drug-likeness (QED) is 0.852. The second kappa shape index (κ2) is 7.90. The summed E-state index contributed by atoms with van der Waals surface area (Å²) in [5.41, 5.74) is 0.807. The first kappa shape index (κ1) is 15.7. The molecule has 1 N–H and O–H groups in total. The molecule has 1 aliphatic heterocycles. The van der Waals surface area contributed by atoms with Gasteiger partial charge in [0, 0.05) is 32.3 Å². The van der Waals surface area contributed by atoms with E-state index in [2.05, 4.69) is 4.90 Å². The van der Waals surface area contributed by atoms with Gasteiger partial charge >= 0.3 is 0 Å². The fourth-order valence-corrected chi connectivity index (χ4v) is 2.40. The summed E-state index contributed by atoms with van der Waals surface area (Å²) < 4.78 is 12.8. The van der Waals surface area contributed by atoms with Crippen LogP contribution in [0.4, 0.5) is 4.39 Å². The minimum Gasteiger partial charge on any atom is -0.395 e. The maximum atomic E-state index is 12.8. The zero-order chi connectivity index (χ0) is 15.1. The van der Waals surface area contributed by atoms with Gasteiger partial charge in [-0.2, -0.15) is 0 Å². The van der Waals surface area contributed by atoms with Crippen molar-refractivity contribution in [1.82, 2.24) is 9.80 Å². The molecule has 1 amide bonds. The molecule has 1 aliphatic rings. The fourth-order valence-electron chi connectivity index (χ4n) is 2.40. The Kier molecular flexibility index (Phi) is 5.90. The van der Waals surface area contributed by atoms with E-state index in [9.17, 15) is 9.18 Å². The first-order valence-electron chi connectivity index (χ1n) is 7.25. The van der Waals surface area contributed by atoms with Crippen LogP contribution in [0.3, 0.4) is 0 Å². The van der Waals surface area contributed by atoms with Gasteiger partial charge in [-0.3, -0.25) is 9.69 Å². The average molecular weight is 292 g/mol. The molecule has 0 unspecified atom stereocenters. The van der Waals surface area contributed by atoms with Crippen molar-refractivity contribution in [1.29, 1.82) is 0 Å². The van der Waals surface area contributed by atoms with Gasteiger partial charge < -0.3 is 10.0 Å².